The summed E-state index contributed by atoms with van der Waals surface area (Å²) >= 11 is 1.72. The first-order valence-corrected chi connectivity index (χ1v) is 6.83. The van der Waals surface area contributed by atoms with Gasteiger partial charge in [0.2, 0.25) is 0 Å². The third kappa shape index (κ3) is 4.16. The molecular formula is C13H19NOS. The predicted octanol–water partition coefficient (Wildman–Crippen LogP) is 2.20. The maximum atomic E-state index is 9.76. The lowest BCUT2D eigenvalue weighted by Gasteiger charge is -2.11. The molecule has 0 radical (unpaired) electrons. The summed E-state index contributed by atoms with van der Waals surface area (Å²) in [6, 6.07) is 9.12. The van der Waals surface area contributed by atoms with Gasteiger partial charge in [-0.1, -0.05) is 17.7 Å². The van der Waals surface area contributed by atoms with E-state index in [1.165, 1.54) is 23.3 Å². The van der Waals surface area contributed by atoms with Crippen LogP contribution in [0.2, 0.25) is 0 Å². The molecule has 1 aromatic carbocycles. The van der Waals surface area contributed by atoms with Crippen molar-refractivity contribution in [2.45, 2.75) is 36.8 Å². The molecule has 0 bridgehead atoms. The van der Waals surface area contributed by atoms with Crippen LogP contribution in [0.15, 0.2) is 29.2 Å². The summed E-state index contributed by atoms with van der Waals surface area (Å²) in [4.78, 5) is 1.23. The molecule has 88 valence electrons. The molecule has 16 heavy (non-hydrogen) atoms. The third-order valence-corrected chi connectivity index (χ3v) is 3.84. The highest BCUT2D eigenvalue weighted by atomic mass is 32.2. The first-order chi connectivity index (χ1) is 7.74. The second-order valence-electron chi connectivity index (χ2n) is 4.46. The number of benzene rings is 1. The van der Waals surface area contributed by atoms with Gasteiger partial charge in [-0.05, 0) is 31.9 Å². The summed E-state index contributed by atoms with van der Waals surface area (Å²) in [5.41, 5.74) is 1.28. The number of hydrogen-bond acceptors (Lipinski definition) is 3. The molecule has 0 heterocycles. The summed E-state index contributed by atoms with van der Waals surface area (Å²) < 4.78 is 0. The molecule has 1 aliphatic carbocycles. The van der Waals surface area contributed by atoms with Crippen LogP contribution in [0.25, 0.3) is 0 Å². The molecule has 1 unspecified atom stereocenters. The zero-order valence-corrected chi connectivity index (χ0v) is 10.5. The molecule has 0 aromatic heterocycles. The maximum Gasteiger partial charge on any atom is 0.0758 e. The van der Waals surface area contributed by atoms with Crippen molar-refractivity contribution in [1.82, 2.24) is 5.32 Å². The van der Waals surface area contributed by atoms with E-state index in [1.54, 1.807) is 11.8 Å². The van der Waals surface area contributed by atoms with Gasteiger partial charge >= 0.3 is 0 Å². The fourth-order valence-corrected chi connectivity index (χ4v) is 2.31. The summed E-state index contributed by atoms with van der Waals surface area (Å²) in [6.07, 6.45) is 2.31. The van der Waals surface area contributed by atoms with Crippen molar-refractivity contribution in [2.75, 3.05) is 12.3 Å². The van der Waals surface area contributed by atoms with E-state index >= 15 is 0 Å². The van der Waals surface area contributed by atoms with Crippen LogP contribution in [0.1, 0.15) is 18.4 Å². The smallest absolute Gasteiger partial charge is 0.0758 e. The van der Waals surface area contributed by atoms with Crippen LogP contribution in [0.5, 0.6) is 0 Å². The Morgan fingerprint density at radius 2 is 2.06 bits per heavy atom. The van der Waals surface area contributed by atoms with Crippen LogP contribution < -0.4 is 5.32 Å². The van der Waals surface area contributed by atoms with Crippen molar-refractivity contribution in [3.63, 3.8) is 0 Å². The SMILES string of the molecule is Cc1ccc(SCC(O)CNC2CC2)cc1. The van der Waals surface area contributed by atoms with E-state index in [0.717, 1.165) is 12.3 Å². The quantitative estimate of drug-likeness (QED) is 0.744. The minimum atomic E-state index is -0.244. The van der Waals surface area contributed by atoms with Gasteiger partial charge < -0.3 is 10.4 Å². The Kier molecular flexibility index (Phi) is 4.27. The predicted molar refractivity (Wildman–Crippen MR) is 68.9 cm³/mol. The number of aliphatic hydroxyl groups is 1. The van der Waals surface area contributed by atoms with Gasteiger partial charge in [-0.2, -0.15) is 0 Å². The average molecular weight is 237 g/mol. The Morgan fingerprint density at radius 3 is 2.69 bits per heavy atom. The Morgan fingerprint density at radius 1 is 1.38 bits per heavy atom. The second-order valence-corrected chi connectivity index (χ2v) is 5.55. The molecule has 2 N–H and O–H groups in total. The highest BCUT2D eigenvalue weighted by Gasteiger charge is 2.21. The molecule has 1 aliphatic rings. The Hall–Kier alpha value is -0.510. The standard InChI is InChI=1S/C13H19NOS/c1-10-2-6-13(7-3-10)16-9-12(15)8-14-11-4-5-11/h2-3,6-7,11-12,14-15H,4-5,8-9H2,1H3. The first kappa shape index (κ1) is 12.0. The van der Waals surface area contributed by atoms with Gasteiger partial charge in [0.15, 0.2) is 0 Å². The number of thioether (sulfide) groups is 1. The summed E-state index contributed by atoms with van der Waals surface area (Å²) in [6.45, 7) is 2.81. The van der Waals surface area contributed by atoms with E-state index in [2.05, 4.69) is 36.5 Å². The molecule has 0 saturated heterocycles. The van der Waals surface area contributed by atoms with Crippen molar-refractivity contribution in [3.8, 4) is 0 Å². The molecule has 1 fully saturated rings. The zero-order valence-electron chi connectivity index (χ0n) is 9.65. The molecule has 1 atom stereocenters. The van der Waals surface area contributed by atoms with E-state index in [-0.39, 0.29) is 6.10 Å². The lowest BCUT2D eigenvalue weighted by atomic mass is 10.2. The monoisotopic (exact) mass is 237 g/mol. The fraction of sp³-hybridized carbons (Fsp3) is 0.538. The Balaban J connectivity index is 1.67. The molecule has 0 spiro atoms. The average Bonchev–Trinajstić information content (AvgIpc) is 3.09. The third-order valence-electron chi connectivity index (χ3n) is 2.68. The number of hydrogen-bond donors (Lipinski definition) is 2. The molecule has 0 aliphatic heterocycles. The van der Waals surface area contributed by atoms with Crippen molar-refractivity contribution >= 4 is 11.8 Å². The largest absolute Gasteiger partial charge is 0.391 e. The van der Waals surface area contributed by atoms with Crippen LogP contribution >= 0.6 is 11.8 Å². The normalized spacial score (nSPS) is 17.4. The van der Waals surface area contributed by atoms with E-state index in [4.69, 9.17) is 0 Å². The van der Waals surface area contributed by atoms with Gasteiger partial charge in [0.1, 0.15) is 0 Å². The minimum absolute atomic E-state index is 0.244. The summed E-state index contributed by atoms with van der Waals surface area (Å²) in [5, 5.41) is 13.1. The van der Waals surface area contributed by atoms with E-state index in [9.17, 15) is 5.11 Å². The molecule has 1 aromatic rings. The van der Waals surface area contributed by atoms with Gasteiger partial charge in [0.05, 0.1) is 6.10 Å². The van der Waals surface area contributed by atoms with Crippen LogP contribution in [-0.2, 0) is 0 Å². The molecule has 0 amide bonds. The van der Waals surface area contributed by atoms with Gasteiger partial charge in [0.25, 0.3) is 0 Å². The van der Waals surface area contributed by atoms with Gasteiger partial charge in [-0.3, -0.25) is 0 Å². The van der Waals surface area contributed by atoms with E-state index in [1.807, 2.05) is 0 Å². The van der Waals surface area contributed by atoms with Gasteiger partial charge in [-0.25, -0.2) is 0 Å². The van der Waals surface area contributed by atoms with Gasteiger partial charge in [-0.15, -0.1) is 11.8 Å². The number of aryl methyl sites for hydroxylation is 1. The van der Waals surface area contributed by atoms with Gasteiger partial charge in [0, 0.05) is 23.2 Å². The summed E-state index contributed by atoms with van der Waals surface area (Å²) in [5.74, 6) is 0.767. The van der Waals surface area contributed by atoms with Crippen molar-refractivity contribution in [1.29, 1.82) is 0 Å². The molecule has 2 rings (SSSR count). The summed E-state index contributed by atoms with van der Waals surface area (Å²) in [7, 11) is 0. The minimum Gasteiger partial charge on any atom is -0.391 e. The van der Waals surface area contributed by atoms with Crippen molar-refractivity contribution in [3.05, 3.63) is 29.8 Å². The lowest BCUT2D eigenvalue weighted by Crippen LogP contribution is -2.29. The van der Waals surface area contributed by atoms with E-state index < -0.39 is 0 Å². The highest BCUT2D eigenvalue weighted by Crippen LogP contribution is 2.20. The van der Waals surface area contributed by atoms with Crippen LogP contribution in [-0.4, -0.2) is 29.5 Å². The van der Waals surface area contributed by atoms with Crippen molar-refractivity contribution < 1.29 is 5.11 Å². The number of aliphatic hydroxyl groups excluding tert-OH is 1. The van der Waals surface area contributed by atoms with Crippen LogP contribution in [0, 0.1) is 6.92 Å². The topological polar surface area (TPSA) is 32.3 Å². The zero-order chi connectivity index (χ0) is 11.4. The van der Waals surface area contributed by atoms with Crippen molar-refractivity contribution in [2.24, 2.45) is 0 Å². The molecule has 1 saturated carbocycles. The fourth-order valence-electron chi connectivity index (χ4n) is 1.48. The maximum absolute atomic E-state index is 9.76. The first-order valence-electron chi connectivity index (χ1n) is 5.85. The number of rotatable bonds is 6. The van der Waals surface area contributed by atoms with Crippen LogP contribution in [0.4, 0.5) is 0 Å². The van der Waals surface area contributed by atoms with Crippen LogP contribution in [0.3, 0.4) is 0 Å². The number of nitrogens with one attached hydrogen (secondary N) is 1. The second kappa shape index (κ2) is 5.71. The lowest BCUT2D eigenvalue weighted by molar-refractivity contribution is 0.195. The molecular weight excluding hydrogens is 218 g/mol. The molecule has 3 heteroatoms. The van der Waals surface area contributed by atoms with E-state index in [0.29, 0.717) is 6.04 Å². The Bertz CT molecular complexity index is 321. The highest BCUT2D eigenvalue weighted by molar-refractivity contribution is 7.99. The molecule has 2 nitrogen and oxygen atoms in total. The Labute approximate surface area is 101 Å².